The maximum Gasteiger partial charge on any atom is 0.201 e. The van der Waals surface area contributed by atoms with Crippen LogP contribution in [0.2, 0.25) is 0 Å². The lowest BCUT2D eigenvalue weighted by atomic mass is 10.1. The molecule has 0 unspecified atom stereocenters. The van der Waals surface area contributed by atoms with Gasteiger partial charge in [0.05, 0.1) is 17.6 Å². The lowest BCUT2D eigenvalue weighted by molar-refractivity contribution is 0.829. The van der Waals surface area contributed by atoms with E-state index < -0.39 is 0 Å². The van der Waals surface area contributed by atoms with Crippen LogP contribution < -0.4 is 5.73 Å². The smallest absolute Gasteiger partial charge is 0.201 e. The van der Waals surface area contributed by atoms with Gasteiger partial charge in [-0.25, -0.2) is 4.98 Å². The number of hydrogen-bond acceptors (Lipinski definition) is 3. The first-order valence-electron chi connectivity index (χ1n) is 5.86. The van der Waals surface area contributed by atoms with Crippen LogP contribution in [0.25, 0.3) is 11.0 Å². The predicted octanol–water partition coefficient (Wildman–Crippen LogP) is 2.37. The van der Waals surface area contributed by atoms with Gasteiger partial charge in [0.2, 0.25) is 5.95 Å². The maximum atomic E-state index is 5.99. The van der Waals surface area contributed by atoms with Crippen LogP contribution >= 0.6 is 0 Å². The summed E-state index contributed by atoms with van der Waals surface area (Å²) in [6.07, 6.45) is 3.67. The van der Waals surface area contributed by atoms with Crippen molar-refractivity contribution in [2.45, 2.75) is 13.5 Å². The number of benzene rings is 1. The molecular weight excluding hydrogens is 224 g/mol. The molecule has 0 saturated heterocycles. The number of aromatic nitrogens is 3. The van der Waals surface area contributed by atoms with E-state index in [-0.39, 0.29) is 0 Å². The average Bonchev–Trinajstić information content (AvgIpc) is 2.69. The summed E-state index contributed by atoms with van der Waals surface area (Å²) in [5.74, 6) is 0.549. The first-order valence-corrected chi connectivity index (χ1v) is 5.86. The number of rotatable bonds is 2. The second-order valence-corrected chi connectivity index (χ2v) is 4.35. The van der Waals surface area contributed by atoms with Crippen molar-refractivity contribution in [1.29, 1.82) is 0 Å². The molecule has 0 bridgehead atoms. The van der Waals surface area contributed by atoms with E-state index in [0.717, 1.165) is 23.1 Å². The van der Waals surface area contributed by atoms with Gasteiger partial charge in [0, 0.05) is 12.4 Å². The van der Waals surface area contributed by atoms with E-state index >= 15 is 0 Å². The Morgan fingerprint density at radius 2 is 2.06 bits per heavy atom. The Hall–Kier alpha value is -2.36. The number of anilines is 1. The third-order valence-electron chi connectivity index (χ3n) is 3.15. The first-order chi connectivity index (χ1) is 8.75. The number of nitrogens with two attached hydrogens (primary N) is 1. The number of aryl methyl sites for hydroxylation is 1. The van der Waals surface area contributed by atoms with Crippen molar-refractivity contribution in [3.05, 3.63) is 53.9 Å². The molecule has 0 aliphatic rings. The van der Waals surface area contributed by atoms with Crippen molar-refractivity contribution in [1.82, 2.24) is 14.5 Å². The van der Waals surface area contributed by atoms with Gasteiger partial charge in [0.1, 0.15) is 0 Å². The number of nitrogens with zero attached hydrogens (tertiary/aromatic N) is 3. The molecule has 0 amide bonds. The Balaban J connectivity index is 2.10. The maximum absolute atomic E-state index is 5.99. The summed E-state index contributed by atoms with van der Waals surface area (Å²) in [6.45, 7) is 2.78. The second-order valence-electron chi connectivity index (χ2n) is 4.35. The van der Waals surface area contributed by atoms with Crippen molar-refractivity contribution in [3.63, 3.8) is 0 Å². The Labute approximate surface area is 105 Å². The highest BCUT2D eigenvalue weighted by atomic mass is 15.1. The summed E-state index contributed by atoms with van der Waals surface area (Å²) in [5.41, 5.74) is 10.4. The highest BCUT2D eigenvalue weighted by Gasteiger charge is 2.08. The summed E-state index contributed by atoms with van der Waals surface area (Å²) in [7, 11) is 0. The molecule has 4 nitrogen and oxygen atoms in total. The van der Waals surface area contributed by atoms with E-state index in [9.17, 15) is 0 Å². The summed E-state index contributed by atoms with van der Waals surface area (Å²) < 4.78 is 2.03. The topological polar surface area (TPSA) is 56.7 Å². The summed E-state index contributed by atoms with van der Waals surface area (Å²) in [4.78, 5) is 8.47. The van der Waals surface area contributed by atoms with Crippen LogP contribution in [0.3, 0.4) is 0 Å². The Morgan fingerprint density at radius 1 is 1.22 bits per heavy atom. The van der Waals surface area contributed by atoms with Crippen LogP contribution in [-0.2, 0) is 6.54 Å². The molecule has 90 valence electrons. The van der Waals surface area contributed by atoms with E-state index in [1.165, 1.54) is 5.56 Å². The average molecular weight is 238 g/mol. The lowest BCUT2D eigenvalue weighted by Gasteiger charge is -2.08. The van der Waals surface area contributed by atoms with Crippen molar-refractivity contribution < 1.29 is 0 Å². The zero-order valence-corrected chi connectivity index (χ0v) is 10.2. The van der Waals surface area contributed by atoms with E-state index in [4.69, 9.17) is 5.73 Å². The number of para-hydroxylation sites is 2. The predicted molar refractivity (Wildman–Crippen MR) is 72.2 cm³/mol. The number of pyridine rings is 1. The Morgan fingerprint density at radius 3 is 2.89 bits per heavy atom. The minimum atomic E-state index is 0.549. The number of imidazole rings is 1. The van der Waals surface area contributed by atoms with E-state index in [1.807, 2.05) is 41.1 Å². The highest BCUT2D eigenvalue weighted by Crippen LogP contribution is 2.19. The normalized spacial score (nSPS) is 10.9. The molecule has 1 aromatic carbocycles. The van der Waals surface area contributed by atoms with Gasteiger partial charge in [-0.2, -0.15) is 0 Å². The van der Waals surface area contributed by atoms with Crippen LogP contribution in [0, 0.1) is 6.92 Å². The SMILES string of the molecule is Cc1cnccc1Cn1c(N)nc2ccccc21. The first kappa shape index (κ1) is 10.8. The molecule has 2 N–H and O–H groups in total. The van der Waals surface area contributed by atoms with Crippen molar-refractivity contribution in [3.8, 4) is 0 Å². The molecule has 0 spiro atoms. The van der Waals surface area contributed by atoms with Gasteiger partial charge in [0.25, 0.3) is 0 Å². The molecule has 0 atom stereocenters. The molecule has 0 aliphatic heterocycles. The summed E-state index contributed by atoms with van der Waals surface area (Å²) in [6, 6.07) is 10.00. The summed E-state index contributed by atoms with van der Waals surface area (Å²) >= 11 is 0. The third kappa shape index (κ3) is 1.72. The van der Waals surface area contributed by atoms with Crippen molar-refractivity contribution in [2.75, 3.05) is 5.73 Å². The quantitative estimate of drug-likeness (QED) is 0.745. The van der Waals surface area contributed by atoms with Crippen LogP contribution in [0.5, 0.6) is 0 Å². The zero-order valence-electron chi connectivity index (χ0n) is 10.2. The largest absolute Gasteiger partial charge is 0.369 e. The van der Waals surface area contributed by atoms with Crippen LogP contribution in [0.1, 0.15) is 11.1 Å². The minimum absolute atomic E-state index is 0.549. The molecule has 3 aromatic rings. The molecule has 2 aromatic heterocycles. The van der Waals surface area contributed by atoms with Gasteiger partial charge >= 0.3 is 0 Å². The third-order valence-corrected chi connectivity index (χ3v) is 3.15. The molecule has 0 aliphatic carbocycles. The number of hydrogen-bond donors (Lipinski definition) is 1. The van der Waals surface area contributed by atoms with E-state index in [0.29, 0.717) is 5.95 Å². The number of nitrogen functional groups attached to an aromatic ring is 1. The fourth-order valence-corrected chi connectivity index (χ4v) is 2.11. The molecule has 0 radical (unpaired) electrons. The fraction of sp³-hybridized carbons (Fsp3) is 0.143. The fourth-order valence-electron chi connectivity index (χ4n) is 2.11. The second kappa shape index (κ2) is 4.14. The molecule has 0 fully saturated rings. The lowest BCUT2D eigenvalue weighted by Crippen LogP contribution is -2.05. The van der Waals surface area contributed by atoms with E-state index in [1.54, 1.807) is 6.20 Å². The molecule has 18 heavy (non-hydrogen) atoms. The van der Waals surface area contributed by atoms with Gasteiger partial charge in [-0.15, -0.1) is 0 Å². The van der Waals surface area contributed by atoms with Crippen LogP contribution in [0.15, 0.2) is 42.7 Å². The standard InChI is InChI=1S/C14H14N4/c1-10-8-16-7-6-11(10)9-18-13-5-3-2-4-12(13)17-14(18)15/h2-8H,9H2,1H3,(H2,15,17). The van der Waals surface area contributed by atoms with E-state index in [2.05, 4.69) is 16.9 Å². The van der Waals surface area contributed by atoms with Gasteiger partial charge in [-0.05, 0) is 36.2 Å². The number of fused-ring (bicyclic) bond motifs is 1. The zero-order chi connectivity index (χ0) is 12.5. The van der Waals surface area contributed by atoms with Crippen LogP contribution in [0.4, 0.5) is 5.95 Å². The summed E-state index contributed by atoms with van der Waals surface area (Å²) in [5, 5.41) is 0. The molecular formula is C14H14N4. The monoisotopic (exact) mass is 238 g/mol. The van der Waals surface area contributed by atoms with Gasteiger partial charge < -0.3 is 10.3 Å². The Kier molecular flexibility index (Phi) is 2.48. The highest BCUT2D eigenvalue weighted by molar-refractivity contribution is 5.78. The molecule has 3 rings (SSSR count). The van der Waals surface area contributed by atoms with Crippen molar-refractivity contribution in [2.24, 2.45) is 0 Å². The molecule has 2 heterocycles. The minimum Gasteiger partial charge on any atom is -0.369 e. The van der Waals surface area contributed by atoms with Crippen molar-refractivity contribution >= 4 is 17.0 Å². The molecule has 0 saturated carbocycles. The molecule has 4 heteroatoms. The Bertz CT molecular complexity index is 700. The van der Waals surface area contributed by atoms with Gasteiger partial charge in [0.15, 0.2) is 0 Å². The van der Waals surface area contributed by atoms with Crippen LogP contribution in [-0.4, -0.2) is 14.5 Å². The van der Waals surface area contributed by atoms with Gasteiger partial charge in [-0.3, -0.25) is 4.98 Å². The van der Waals surface area contributed by atoms with Gasteiger partial charge in [-0.1, -0.05) is 12.1 Å².